The number of aldehydes is 1. The molecule has 0 unspecified atom stereocenters. The van der Waals surface area contributed by atoms with Crippen molar-refractivity contribution >= 4 is 17.9 Å². The van der Waals surface area contributed by atoms with E-state index in [0.717, 1.165) is 12.1 Å². The Hall–Kier alpha value is -1.95. The molecule has 1 aromatic carbocycles. The third-order valence-corrected chi connectivity index (χ3v) is 2.71. The molecule has 0 atom stereocenters. The van der Waals surface area contributed by atoms with Gasteiger partial charge in [0.25, 0.3) is 0 Å². The zero-order chi connectivity index (χ0) is 14.2. The second-order valence-corrected chi connectivity index (χ2v) is 4.02. The molecule has 2 aromatic rings. The smallest absolute Gasteiger partial charge is 0.195 e. The lowest BCUT2D eigenvalue weighted by molar-refractivity contribution is 0.112. The molecule has 0 saturated carbocycles. The van der Waals surface area contributed by atoms with Crippen LogP contribution in [0.3, 0.4) is 0 Å². The zero-order valence-corrected chi connectivity index (χ0v) is 10.3. The topological polar surface area (TPSA) is 42.9 Å². The highest BCUT2D eigenvalue weighted by Crippen LogP contribution is 2.29. The first-order valence-electron chi connectivity index (χ1n) is 5.09. The predicted molar refractivity (Wildman–Crippen MR) is 62.5 cm³/mol. The van der Waals surface area contributed by atoms with Gasteiger partial charge in [-0.2, -0.15) is 0 Å². The van der Waals surface area contributed by atoms with Crippen LogP contribution in [0.4, 0.5) is 13.2 Å². The number of carbonyl (C=O) groups excluding carboxylic acids is 1. The third kappa shape index (κ3) is 2.31. The lowest BCUT2D eigenvalue weighted by atomic mass is 10.1. The number of aryl methyl sites for hydroxylation is 1. The Kier molecular flexibility index (Phi) is 3.53. The fraction of sp³-hybridized carbons (Fsp3) is 0.0833. The Morgan fingerprint density at radius 3 is 2.47 bits per heavy atom. The Morgan fingerprint density at radius 1 is 1.16 bits per heavy atom. The molecule has 0 N–H and O–H groups in total. The molecule has 7 heteroatoms. The molecule has 1 heterocycles. The van der Waals surface area contributed by atoms with Crippen molar-refractivity contribution in [3.63, 3.8) is 0 Å². The van der Waals surface area contributed by atoms with Crippen molar-refractivity contribution in [1.29, 1.82) is 0 Å². The van der Waals surface area contributed by atoms with Gasteiger partial charge in [0.05, 0.1) is 11.3 Å². The maximum atomic E-state index is 13.7. The van der Waals surface area contributed by atoms with E-state index in [4.69, 9.17) is 11.6 Å². The molecule has 0 aliphatic heterocycles. The van der Waals surface area contributed by atoms with Crippen LogP contribution < -0.4 is 0 Å². The molecule has 0 saturated heterocycles. The van der Waals surface area contributed by atoms with Crippen molar-refractivity contribution in [2.75, 3.05) is 0 Å². The minimum absolute atomic E-state index is 0.176. The van der Waals surface area contributed by atoms with Crippen molar-refractivity contribution in [2.45, 2.75) is 6.92 Å². The summed E-state index contributed by atoms with van der Waals surface area (Å²) in [6.07, 6.45) is 0.331. The van der Waals surface area contributed by atoms with Crippen LogP contribution in [-0.2, 0) is 0 Å². The van der Waals surface area contributed by atoms with Crippen LogP contribution in [0.25, 0.3) is 11.3 Å². The van der Waals surface area contributed by atoms with Gasteiger partial charge >= 0.3 is 0 Å². The summed E-state index contributed by atoms with van der Waals surface area (Å²) in [5.41, 5.74) is -0.713. The first-order valence-corrected chi connectivity index (χ1v) is 5.46. The Bertz CT molecular complexity index is 677. The van der Waals surface area contributed by atoms with Crippen molar-refractivity contribution in [3.8, 4) is 11.3 Å². The van der Waals surface area contributed by atoms with E-state index < -0.39 is 17.5 Å². The lowest BCUT2D eigenvalue weighted by Gasteiger charge is -2.08. The molecular weight excluding hydrogens is 281 g/mol. The molecule has 1 aromatic heterocycles. The van der Waals surface area contributed by atoms with Crippen LogP contribution in [0.5, 0.6) is 0 Å². The number of nitrogens with zero attached hydrogens (tertiary/aromatic N) is 2. The standard InChI is InChI=1S/C12H6ClF3N2O/c1-5-17-11(7(4-19)12(13)18-5)6-2-3-8(14)10(16)9(6)15/h2-4H,1H3. The van der Waals surface area contributed by atoms with Gasteiger partial charge in [0, 0.05) is 5.56 Å². The van der Waals surface area contributed by atoms with Crippen molar-refractivity contribution in [3.05, 3.63) is 46.1 Å². The van der Waals surface area contributed by atoms with E-state index in [-0.39, 0.29) is 27.8 Å². The molecule has 0 aliphatic carbocycles. The van der Waals surface area contributed by atoms with Crippen LogP contribution in [0, 0.1) is 24.4 Å². The molecule has 2 rings (SSSR count). The quantitative estimate of drug-likeness (QED) is 0.483. The number of hydrogen-bond acceptors (Lipinski definition) is 3. The Balaban J connectivity index is 2.79. The predicted octanol–water partition coefficient (Wildman–Crippen LogP) is 3.34. The van der Waals surface area contributed by atoms with Crippen LogP contribution in [0.1, 0.15) is 16.2 Å². The molecule has 0 amide bonds. The molecule has 3 nitrogen and oxygen atoms in total. The second kappa shape index (κ2) is 4.97. The fourth-order valence-electron chi connectivity index (χ4n) is 1.57. The van der Waals surface area contributed by atoms with E-state index in [1.54, 1.807) is 0 Å². The molecule has 19 heavy (non-hydrogen) atoms. The number of hydrogen-bond donors (Lipinski definition) is 0. The summed E-state index contributed by atoms with van der Waals surface area (Å²) < 4.78 is 39.8. The van der Waals surface area contributed by atoms with Gasteiger partial charge in [-0.05, 0) is 19.1 Å². The van der Waals surface area contributed by atoms with Crippen LogP contribution in [0.15, 0.2) is 12.1 Å². The van der Waals surface area contributed by atoms with Crippen LogP contribution >= 0.6 is 11.6 Å². The highest BCUT2D eigenvalue weighted by Gasteiger charge is 2.20. The van der Waals surface area contributed by atoms with E-state index in [1.165, 1.54) is 6.92 Å². The Labute approximate surface area is 111 Å². The van der Waals surface area contributed by atoms with Crippen LogP contribution in [-0.4, -0.2) is 16.3 Å². The summed E-state index contributed by atoms with van der Waals surface area (Å²) in [6, 6.07) is 1.73. The molecule has 0 bridgehead atoms. The summed E-state index contributed by atoms with van der Waals surface area (Å²) in [5, 5.41) is -0.179. The summed E-state index contributed by atoms with van der Waals surface area (Å²) in [5.74, 6) is -4.22. The number of halogens is 4. The number of aromatic nitrogens is 2. The highest BCUT2D eigenvalue weighted by atomic mass is 35.5. The second-order valence-electron chi connectivity index (χ2n) is 3.66. The molecule has 0 spiro atoms. The highest BCUT2D eigenvalue weighted by molar-refractivity contribution is 6.32. The fourth-order valence-corrected chi connectivity index (χ4v) is 1.82. The molecule has 98 valence electrons. The maximum absolute atomic E-state index is 13.7. The normalized spacial score (nSPS) is 10.6. The molecular formula is C12H6ClF3N2O. The lowest BCUT2D eigenvalue weighted by Crippen LogP contribution is -2.02. The first kappa shape index (κ1) is 13.5. The average molecular weight is 287 g/mol. The van der Waals surface area contributed by atoms with Gasteiger partial charge in [-0.3, -0.25) is 4.79 Å². The maximum Gasteiger partial charge on any atom is 0.195 e. The van der Waals surface area contributed by atoms with Gasteiger partial charge in [0.2, 0.25) is 0 Å². The molecule has 0 radical (unpaired) electrons. The van der Waals surface area contributed by atoms with Crippen LogP contribution in [0.2, 0.25) is 5.15 Å². The van der Waals surface area contributed by atoms with Gasteiger partial charge < -0.3 is 0 Å². The van der Waals surface area contributed by atoms with E-state index in [9.17, 15) is 18.0 Å². The average Bonchev–Trinajstić information content (AvgIpc) is 2.35. The first-order chi connectivity index (χ1) is 8.95. The largest absolute Gasteiger partial charge is 0.298 e. The van der Waals surface area contributed by atoms with Gasteiger partial charge in [-0.1, -0.05) is 11.6 Å². The van der Waals surface area contributed by atoms with E-state index in [0.29, 0.717) is 6.29 Å². The molecule has 0 fully saturated rings. The van der Waals surface area contributed by atoms with E-state index in [1.807, 2.05) is 0 Å². The monoisotopic (exact) mass is 286 g/mol. The number of carbonyl (C=O) groups is 1. The summed E-state index contributed by atoms with van der Waals surface area (Å²) in [4.78, 5) is 18.5. The number of rotatable bonds is 2. The molecule has 0 aliphatic rings. The van der Waals surface area contributed by atoms with Crippen molar-refractivity contribution < 1.29 is 18.0 Å². The van der Waals surface area contributed by atoms with Gasteiger partial charge in [0.1, 0.15) is 11.0 Å². The van der Waals surface area contributed by atoms with Crippen molar-refractivity contribution in [2.24, 2.45) is 0 Å². The Morgan fingerprint density at radius 2 is 1.84 bits per heavy atom. The van der Waals surface area contributed by atoms with E-state index >= 15 is 0 Å². The number of benzene rings is 1. The van der Waals surface area contributed by atoms with Gasteiger partial charge in [-0.15, -0.1) is 0 Å². The minimum Gasteiger partial charge on any atom is -0.298 e. The van der Waals surface area contributed by atoms with Gasteiger partial charge in [-0.25, -0.2) is 23.1 Å². The van der Waals surface area contributed by atoms with E-state index in [2.05, 4.69) is 9.97 Å². The SMILES string of the molecule is Cc1nc(Cl)c(C=O)c(-c2ccc(F)c(F)c2F)n1. The summed E-state index contributed by atoms with van der Waals surface area (Å²) in [7, 11) is 0. The van der Waals surface area contributed by atoms with Gasteiger partial charge in [0.15, 0.2) is 23.7 Å². The summed E-state index contributed by atoms with van der Waals surface area (Å²) >= 11 is 5.74. The summed E-state index contributed by atoms with van der Waals surface area (Å²) in [6.45, 7) is 1.47. The zero-order valence-electron chi connectivity index (χ0n) is 9.55. The third-order valence-electron chi connectivity index (χ3n) is 2.42. The minimum atomic E-state index is -1.64. The van der Waals surface area contributed by atoms with Crippen molar-refractivity contribution in [1.82, 2.24) is 9.97 Å².